The van der Waals surface area contributed by atoms with Crippen molar-refractivity contribution in [2.75, 3.05) is 25.6 Å². The topological polar surface area (TPSA) is 73.3 Å². The van der Waals surface area contributed by atoms with E-state index in [-0.39, 0.29) is 0 Å². The van der Waals surface area contributed by atoms with E-state index in [9.17, 15) is 0 Å². The maximum atomic E-state index is 4.97. The molecule has 0 aliphatic rings. The quantitative estimate of drug-likeness (QED) is 0.750. The van der Waals surface area contributed by atoms with E-state index in [1.165, 1.54) is 0 Å². The number of anilines is 1. The molecule has 0 aliphatic heterocycles. The minimum atomic E-state index is 0.378. The van der Waals surface area contributed by atoms with E-state index in [2.05, 4.69) is 15.5 Å². The van der Waals surface area contributed by atoms with Crippen LogP contribution in [0.4, 0.5) is 6.01 Å². The Morgan fingerprint density at radius 2 is 2.47 bits per heavy atom. The summed E-state index contributed by atoms with van der Waals surface area (Å²) in [5.74, 6) is 0.503. The molecule has 0 spiro atoms. The zero-order valence-corrected chi connectivity index (χ0v) is 8.27. The molecule has 0 atom stereocenters. The normalized spacial score (nSPS) is 10.5. The van der Waals surface area contributed by atoms with Gasteiger partial charge >= 0.3 is 6.01 Å². The molecule has 0 saturated heterocycles. The summed E-state index contributed by atoms with van der Waals surface area (Å²) in [6.07, 6.45) is 3.12. The zero-order valence-electron chi connectivity index (χ0n) is 8.27. The minimum Gasteiger partial charge on any atom is -0.472 e. The third-order valence-corrected chi connectivity index (χ3v) is 1.79. The molecule has 0 unspecified atom stereocenters. The second-order valence-corrected chi connectivity index (χ2v) is 2.85. The number of hydrogen-bond donors (Lipinski definition) is 1. The van der Waals surface area contributed by atoms with Gasteiger partial charge in [-0.25, -0.2) is 0 Å². The maximum absolute atomic E-state index is 4.97. The first kappa shape index (κ1) is 9.72. The van der Waals surface area contributed by atoms with Gasteiger partial charge in [0.2, 0.25) is 5.82 Å². The van der Waals surface area contributed by atoms with E-state index in [1.54, 1.807) is 25.7 Å². The van der Waals surface area contributed by atoms with Gasteiger partial charge in [0.1, 0.15) is 6.26 Å². The third-order valence-electron chi connectivity index (χ3n) is 1.79. The van der Waals surface area contributed by atoms with Gasteiger partial charge < -0.3 is 19.0 Å². The van der Waals surface area contributed by atoms with Crippen LogP contribution in [0.15, 0.2) is 27.5 Å². The molecule has 0 amide bonds. The number of ether oxygens (including phenoxy) is 1. The predicted octanol–water partition coefficient (Wildman–Crippen LogP) is 1.39. The summed E-state index contributed by atoms with van der Waals surface area (Å²) in [6, 6.07) is 2.15. The van der Waals surface area contributed by atoms with Gasteiger partial charge in [-0.15, -0.1) is 0 Å². The van der Waals surface area contributed by atoms with Gasteiger partial charge in [0, 0.05) is 13.7 Å². The molecule has 0 radical (unpaired) electrons. The lowest BCUT2D eigenvalue weighted by atomic mass is 10.3. The number of furan rings is 1. The number of aromatic nitrogens is 2. The van der Waals surface area contributed by atoms with Gasteiger partial charge in [0.05, 0.1) is 18.4 Å². The van der Waals surface area contributed by atoms with E-state index < -0.39 is 0 Å². The molecular weight excluding hydrogens is 198 g/mol. The van der Waals surface area contributed by atoms with Crippen LogP contribution >= 0.6 is 0 Å². The van der Waals surface area contributed by atoms with Crippen LogP contribution in [-0.2, 0) is 4.74 Å². The summed E-state index contributed by atoms with van der Waals surface area (Å²) in [5, 5.41) is 6.72. The summed E-state index contributed by atoms with van der Waals surface area (Å²) < 4.78 is 14.8. The highest BCUT2D eigenvalue weighted by Crippen LogP contribution is 2.17. The molecule has 6 nitrogen and oxygen atoms in total. The van der Waals surface area contributed by atoms with Crippen molar-refractivity contribution in [1.82, 2.24) is 10.1 Å². The largest absolute Gasteiger partial charge is 0.472 e. The molecule has 6 heteroatoms. The molecule has 0 saturated carbocycles. The van der Waals surface area contributed by atoms with Crippen molar-refractivity contribution >= 4 is 6.01 Å². The number of nitrogens with one attached hydrogen (secondary N) is 1. The SMILES string of the molecule is COCCNc1nc(-c2ccoc2)no1. The average molecular weight is 209 g/mol. The zero-order chi connectivity index (χ0) is 10.5. The average Bonchev–Trinajstić information content (AvgIpc) is 2.87. The number of methoxy groups -OCH3 is 1. The van der Waals surface area contributed by atoms with Crippen LogP contribution in [0.2, 0.25) is 0 Å². The fourth-order valence-corrected chi connectivity index (χ4v) is 1.06. The van der Waals surface area contributed by atoms with Crippen molar-refractivity contribution in [2.45, 2.75) is 0 Å². The van der Waals surface area contributed by atoms with Crippen molar-refractivity contribution in [3.8, 4) is 11.4 Å². The van der Waals surface area contributed by atoms with Crippen molar-refractivity contribution in [3.63, 3.8) is 0 Å². The van der Waals surface area contributed by atoms with Gasteiger partial charge in [-0.3, -0.25) is 0 Å². The Labute approximate surface area is 86.2 Å². The van der Waals surface area contributed by atoms with E-state index in [0.717, 1.165) is 5.56 Å². The van der Waals surface area contributed by atoms with Crippen molar-refractivity contribution in [2.24, 2.45) is 0 Å². The Morgan fingerprint density at radius 3 is 3.20 bits per heavy atom. The number of hydrogen-bond acceptors (Lipinski definition) is 6. The van der Waals surface area contributed by atoms with Crippen molar-refractivity contribution in [3.05, 3.63) is 18.6 Å². The molecule has 2 aromatic heterocycles. The molecule has 2 heterocycles. The Bertz CT molecular complexity index is 396. The van der Waals surface area contributed by atoms with Gasteiger partial charge in [-0.05, 0) is 6.07 Å². The lowest BCUT2D eigenvalue weighted by Gasteiger charge is -1.97. The number of nitrogens with zero attached hydrogens (tertiary/aromatic N) is 2. The van der Waals surface area contributed by atoms with E-state index in [0.29, 0.717) is 25.0 Å². The summed E-state index contributed by atoms with van der Waals surface area (Å²) in [4.78, 5) is 4.12. The first-order valence-corrected chi connectivity index (χ1v) is 4.49. The van der Waals surface area contributed by atoms with Crippen LogP contribution in [0.25, 0.3) is 11.4 Å². The third kappa shape index (κ3) is 2.35. The van der Waals surface area contributed by atoms with Crippen LogP contribution in [0, 0.1) is 0 Å². The molecular formula is C9H11N3O3. The highest BCUT2D eigenvalue weighted by atomic mass is 16.5. The highest BCUT2D eigenvalue weighted by molar-refractivity contribution is 5.52. The Balaban J connectivity index is 1.98. The van der Waals surface area contributed by atoms with Crippen LogP contribution in [0.3, 0.4) is 0 Å². The maximum Gasteiger partial charge on any atom is 0.321 e. The Morgan fingerprint density at radius 1 is 1.53 bits per heavy atom. The Hall–Kier alpha value is -1.82. The molecule has 1 N–H and O–H groups in total. The molecule has 0 aliphatic carbocycles. The van der Waals surface area contributed by atoms with E-state index in [1.807, 2.05) is 0 Å². The molecule has 0 aromatic carbocycles. The summed E-state index contributed by atoms with van der Waals surface area (Å²) in [7, 11) is 1.63. The minimum absolute atomic E-state index is 0.378. The lowest BCUT2D eigenvalue weighted by molar-refractivity contribution is 0.210. The van der Waals surface area contributed by atoms with Gasteiger partial charge in [0.15, 0.2) is 0 Å². The van der Waals surface area contributed by atoms with Gasteiger partial charge in [-0.2, -0.15) is 4.98 Å². The van der Waals surface area contributed by atoms with Crippen LogP contribution in [-0.4, -0.2) is 30.4 Å². The lowest BCUT2D eigenvalue weighted by Crippen LogP contribution is -2.07. The molecule has 0 fully saturated rings. The summed E-state index contributed by atoms with van der Waals surface area (Å²) >= 11 is 0. The monoisotopic (exact) mass is 209 g/mol. The standard InChI is InChI=1S/C9H11N3O3/c1-13-5-3-10-9-11-8(12-15-9)7-2-4-14-6-7/h2,4,6H,3,5H2,1H3,(H,10,11,12). The molecule has 80 valence electrons. The van der Waals surface area contributed by atoms with E-state index >= 15 is 0 Å². The van der Waals surface area contributed by atoms with Crippen molar-refractivity contribution in [1.29, 1.82) is 0 Å². The molecule has 2 rings (SSSR count). The first-order valence-electron chi connectivity index (χ1n) is 4.49. The van der Waals surface area contributed by atoms with Crippen molar-refractivity contribution < 1.29 is 13.7 Å². The summed E-state index contributed by atoms with van der Waals surface area (Å²) in [5.41, 5.74) is 0.790. The Kier molecular flexibility index (Phi) is 2.99. The smallest absolute Gasteiger partial charge is 0.321 e. The van der Waals surface area contributed by atoms with E-state index in [4.69, 9.17) is 13.7 Å². The highest BCUT2D eigenvalue weighted by Gasteiger charge is 2.08. The first-order chi connectivity index (χ1) is 7.40. The fraction of sp³-hybridized carbons (Fsp3) is 0.333. The molecule has 15 heavy (non-hydrogen) atoms. The predicted molar refractivity (Wildman–Crippen MR) is 52.4 cm³/mol. The van der Waals surface area contributed by atoms with Crippen LogP contribution in [0.1, 0.15) is 0 Å². The molecule has 2 aromatic rings. The fourth-order valence-electron chi connectivity index (χ4n) is 1.06. The second-order valence-electron chi connectivity index (χ2n) is 2.85. The summed E-state index contributed by atoms with van der Waals surface area (Å²) in [6.45, 7) is 1.22. The van der Waals surface area contributed by atoms with Gasteiger partial charge in [-0.1, -0.05) is 5.16 Å². The van der Waals surface area contributed by atoms with Crippen LogP contribution in [0.5, 0.6) is 0 Å². The second kappa shape index (κ2) is 4.61. The van der Waals surface area contributed by atoms with Crippen LogP contribution < -0.4 is 5.32 Å². The van der Waals surface area contributed by atoms with Gasteiger partial charge in [0.25, 0.3) is 0 Å². The number of rotatable bonds is 5. The molecule has 0 bridgehead atoms.